The Morgan fingerprint density at radius 3 is 1.79 bits per heavy atom. The van der Waals surface area contributed by atoms with Gasteiger partial charge in [0.25, 0.3) is 0 Å². The molecule has 2 rings (SSSR count). The second kappa shape index (κ2) is 8.78. The van der Waals surface area contributed by atoms with Gasteiger partial charge in [0.1, 0.15) is 5.60 Å². The first-order valence-corrected chi connectivity index (χ1v) is 7.25. The first-order valence-electron chi connectivity index (χ1n) is 7.25. The summed E-state index contributed by atoms with van der Waals surface area (Å²) in [6, 6.07) is 0. The van der Waals surface area contributed by atoms with Crippen molar-refractivity contribution in [2.24, 2.45) is 5.73 Å². The number of ether oxygens (including phenoxy) is 1. The summed E-state index contributed by atoms with van der Waals surface area (Å²) >= 11 is 0. The number of carbonyl (C=O) groups excluding carboxylic acids is 1. The van der Waals surface area contributed by atoms with Crippen molar-refractivity contribution in [2.75, 3.05) is 0 Å². The van der Waals surface area contributed by atoms with E-state index in [9.17, 15) is 4.79 Å². The van der Waals surface area contributed by atoms with Crippen molar-refractivity contribution >= 4 is 6.09 Å². The summed E-state index contributed by atoms with van der Waals surface area (Å²) < 4.78 is 4.58. The number of fused-ring (bicyclic) bond motifs is 1. The van der Waals surface area contributed by atoms with Crippen LogP contribution in [0.15, 0.2) is 23.3 Å². The Bertz CT molecular complexity index is 315. The van der Waals surface area contributed by atoms with Gasteiger partial charge >= 0.3 is 6.09 Å². The van der Waals surface area contributed by atoms with Crippen LogP contribution in [0.5, 0.6) is 0 Å². The highest BCUT2D eigenvalue weighted by atomic mass is 16.6. The monoisotopic (exact) mass is 267 g/mol. The van der Waals surface area contributed by atoms with Gasteiger partial charge in [-0.3, -0.25) is 0 Å². The van der Waals surface area contributed by atoms with E-state index in [0.29, 0.717) is 0 Å². The minimum absolute atomic E-state index is 0.453. The van der Waals surface area contributed by atoms with Crippen molar-refractivity contribution < 1.29 is 9.53 Å². The first kappa shape index (κ1) is 17.8. The van der Waals surface area contributed by atoms with E-state index in [1.54, 1.807) is 31.9 Å². The van der Waals surface area contributed by atoms with Crippen LogP contribution in [-0.4, -0.2) is 11.7 Å². The van der Waals surface area contributed by atoms with Gasteiger partial charge in [-0.1, -0.05) is 26.0 Å². The summed E-state index contributed by atoms with van der Waals surface area (Å²) in [5.74, 6) is 0. The number of hydrogen-bond acceptors (Lipinski definition) is 2. The summed E-state index contributed by atoms with van der Waals surface area (Å²) in [4.78, 5) is 10.0. The van der Waals surface area contributed by atoms with Gasteiger partial charge in [0, 0.05) is 0 Å². The van der Waals surface area contributed by atoms with Gasteiger partial charge in [-0.2, -0.15) is 0 Å². The van der Waals surface area contributed by atoms with Crippen LogP contribution in [0.25, 0.3) is 0 Å². The molecular formula is C16H29NO2. The summed E-state index contributed by atoms with van der Waals surface area (Å²) in [6.07, 6.45) is 10.8. The third-order valence-corrected chi connectivity index (χ3v) is 2.66. The quantitative estimate of drug-likeness (QED) is 0.690. The van der Waals surface area contributed by atoms with E-state index in [1.165, 1.54) is 32.1 Å². The maximum Gasteiger partial charge on any atom is 0.405 e. The largest absolute Gasteiger partial charge is 0.444 e. The van der Waals surface area contributed by atoms with Crippen LogP contribution in [0.2, 0.25) is 0 Å². The van der Waals surface area contributed by atoms with Crippen LogP contribution in [0.1, 0.15) is 66.7 Å². The number of hydrogen-bond donors (Lipinski definition) is 1. The van der Waals surface area contributed by atoms with Gasteiger partial charge in [-0.15, -0.1) is 0 Å². The SMILES string of the molecule is C1=C2CCCC2=CCC1.CC.CC(C)(C)OC(N)=O. The maximum atomic E-state index is 10.0. The Morgan fingerprint density at radius 1 is 1.11 bits per heavy atom. The van der Waals surface area contributed by atoms with Gasteiger partial charge in [0.05, 0.1) is 0 Å². The van der Waals surface area contributed by atoms with Gasteiger partial charge in [-0.25, -0.2) is 4.79 Å². The Balaban J connectivity index is 0.000000305. The van der Waals surface area contributed by atoms with Crippen molar-refractivity contribution in [2.45, 2.75) is 72.3 Å². The lowest BCUT2D eigenvalue weighted by Crippen LogP contribution is -2.27. The molecule has 0 bridgehead atoms. The standard InChI is InChI=1S/C9H12.C5H11NO2.C2H6/c1-2-5-9-7-3-6-8(9)4-1;1-5(2,3)8-4(6)7;1-2/h4-5H,1-3,6-7H2;1-3H3,(H2,6,7);1-2H3. The number of allylic oxidation sites excluding steroid dienone is 4. The summed E-state index contributed by atoms with van der Waals surface area (Å²) in [5, 5.41) is 0. The highest BCUT2D eigenvalue weighted by molar-refractivity contribution is 5.65. The fourth-order valence-corrected chi connectivity index (χ4v) is 2.07. The highest BCUT2D eigenvalue weighted by Crippen LogP contribution is 2.33. The first-order chi connectivity index (χ1) is 8.88. The number of nitrogens with two attached hydrogens (primary N) is 1. The van der Waals surface area contributed by atoms with Crippen molar-refractivity contribution in [3.8, 4) is 0 Å². The summed E-state index contributed by atoms with van der Waals surface area (Å²) in [5.41, 5.74) is 7.57. The molecule has 3 heteroatoms. The van der Waals surface area contributed by atoms with E-state index in [-0.39, 0.29) is 0 Å². The highest BCUT2D eigenvalue weighted by Gasteiger charge is 2.14. The molecule has 19 heavy (non-hydrogen) atoms. The molecule has 0 spiro atoms. The molecule has 2 aliphatic rings. The van der Waals surface area contributed by atoms with Crippen molar-refractivity contribution in [1.82, 2.24) is 0 Å². The van der Waals surface area contributed by atoms with Crippen LogP contribution >= 0.6 is 0 Å². The molecule has 0 aromatic carbocycles. The zero-order valence-corrected chi connectivity index (χ0v) is 13.1. The van der Waals surface area contributed by atoms with Crippen LogP contribution < -0.4 is 5.73 Å². The van der Waals surface area contributed by atoms with Gasteiger partial charge in [0.15, 0.2) is 0 Å². The predicted molar refractivity (Wildman–Crippen MR) is 81.0 cm³/mol. The smallest absolute Gasteiger partial charge is 0.405 e. The Morgan fingerprint density at radius 2 is 1.53 bits per heavy atom. The van der Waals surface area contributed by atoms with E-state index in [2.05, 4.69) is 16.9 Å². The van der Waals surface area contributed by atoms with Crippen molar-refractivity contribution in [1.29, 1.82) is 0 Å². The van der Waals surface area contributed by atoms with Crippen LogP contribution in [0.4, 0.5) is 4.79 Å². The molecule has 0 aromatic rings. The molecule has 1 saturated carbocycles. The van der Waals surface area contributed by atoms with E-state index >= 15 is 0 Å². The van der Waals surface area contributed by atoms with Crippen LogP contribution in [0, 0.1) is 0 Å². The molecule has 0 radical (unpaired) electrons. The minimum atomic E-state index is -0.725. The summed E-state index contributed by atoms with van der Waals surface area (Å²) in [6.45, 7) is 9.28. The molecule has 0 heterocycles. The molecule has 1 amide bonds. The fraction of sp³-hybridized carbons (Fsp3) is 0.688. The van der Waals surface area contributed by atoms with Crippen molar-refractivity contribution in [3.63, 3.8) is 0 Å². The zero-order valence-electron chi connectivity index (χ0n) is 13.1. The van der Waals surface area contributed by atoms with Gasteiger partial charge in [-0.05, 0) is 64.0 Å². The topological polar surface area (TPSA) is 52.3 Å². The van der Waals surface area contributed by atoms with E-state index in [1.807, 2.05) is 13.8 Å². The molecule has 2 N–H and O–H groups in total. The molecule has 0 saturated heterocycles. The van der Waals surface area contributed by atoms with E-state index < -0.39 is 11.7 Å². The molecule has 1 fully saturated rings. The molecular weight excluding hydrogens is 238 g/mol. The molecule has 0 aliphatic heterocycles. The second-order valence-corrected chi connectivity index (χ2v) is 5.42. The fourth-order valence-electron chi connectivity index (χ4n) is 2.07. The Labute approximate surface area is 117 Å². The molecule has 0 atom stereocenters. The lowest BCUT2D eigenvalue weighted by Gasteiger charge is -2.16. The van der Waals surface area contributed by atoms with E-state index in [0.717, 1.165) is 0 Å². The molecule has 110 valence electrons. The Kier molecular flexibility index (Phi) is 8.21. The van der Waals surface area contributed by atoms with Gasteiger partial charge < -0.3 is 10.5 Å². The third kappa shape index (κ3) is 8.46. The zero-order chi connectivity index (χ0) is 14.9. The minimum Gasteiger partial charge on any atom is -0.444 e. The number of carbonyl (C=O) groups is 1. The van der Waals surface area contributed by atoms with E-state index in [4.69, 9.17) is 5.73 Å². The molecule has 0 unspecified atom stereocenters. The van der Waals surface area contributed by atoms with Gasteiger partial charge in [0.2, 0.25) is 0 Å². The average Bonchev–Trinajstić information content (AvgIpc) is 2.77. The molecule has 2 aliphatic carbocycles. The summed E-state index contributed by atoms with van der Waals surface area (Å²) in [7, 11) is 0. The lowest BCUT2D eigenvalue weighted by molar-refractivity contribution is 0.0600. The lowest BCUT2D eigenvalue weighted by atomic mass is 10.0. The molecule has 0 aromatic heterocycles. The number of amides is 1. The average molecular weight is 267 g/mol. The second-order valence-electron chi connectivity index (χ2n) is 5.42. The van der Waals surface area contributed by atoms with Crippen LogP contribution in [0.3, 0.4) is 0 Å². The maximum absolute atomic E-state index is 10.0. The third-order valence-electron chi connectivity index (χ3n) is 2.66. The number of primary amides is 1. The normalized spacial score (nSPS) is 16.7. The predicted octanol–water partition coefficient (Wildman–Crippen LogP) is 4.72. The molecule has 3 nitrogen and oxygen atoms in total. The van der Waals surface area contributed by atoms with Crippen LogP contribution in [-0.2, 0) is 4.74 Å². The van der Waals surface area contributed by atoms with Crippen molar-refractivity contribution in [3.05, 3.63) is 23.3 Å². The number of rotatable bonds is 0. The Hall–Kier alpha value is -1.25.